The zero-order chi connectivity index (χ0) is 14.0. The largest absolute Gasteiger partial charge is 0.316 e. The van der Waals surface area contributed by atoms with E-state index in [-0.39, 0.29) is 5.41 Å². The minimum atomic E-state index is 0.243. The van der Waals surface area contributed by atoms with E-state index in [1.54, 1.807) is 0 Å². The molecule has 0 amide bonds. The van der Waals surface area contributed by atoms with Crippen LogP contribution in [0.3, 0.4) is 0 Å². The molecular formula is C17H28N2. The summed E-state index contributed by atoms with van der Waals surface area (Å²) in [5.74, 6) is 0. The SMILES string of the molecule is CNC1CCN(C(C)c2ccc(C(C)(C)C)cc2)C1. The summed E-state index contributed by atoms with van der Waals surface area (Å²) in [7, 11) is 2.07. The molecule has 0 aliphatic carbocycles. The molecule has 1 aromatic rings. The van der Waals surface area contributed by atoms with Crippen LogP contribution in [0, 0.1) is 0 Å². The molecule has 2 rings (SSSR count). The van der Waals surface area contributed by atoms with E-state index in [9.17, 15) is 0 Å². The van der Waals surface area contributed by atoms with Crippen molar-refractivity contribution in [1.82, 2.24) is 10.2 Å². The van der Waals surface area contributed by atoms with Crippen LogP contribution in [0.15, 0.2) is 24.3 Å². The fourth-order valence-corrected chi connectivity index (χ4v) is 2.85. The van der Waals surface area contributed by atoms with E-state index in [1.165, 1.54) is 30.6 Å². The lowest BCUT2D eigenvalue weighted by Gasteiger charge is -2.26. The average molecular weight is 260 g/mol. The Morgan fingerprint density at radius 3 is 2.32 bits per heavy atom. The highest BCUT2D eigenvalue weighted by Gasteiger charge is 2.25. The van der Waals surface area contributed by atoms with Gasteiger partial charge in [0, 0.05) is 25.2 Å². The summed E-state index contributed by atoms with van der Waals surface area (Å²) in [5, 5.41) is 3.39. The Morgan fingerprint density at radius 1 is 1.21 bits per heavy atom. The molecule has 0 bridgehead atoms. The normalized spacial score (nSPS) is 22.7. The number of nitrogens with one attached hydrogen (secondary N) is 1. The Bertz CT molecular complexity index is 402. The molecule has 1 aliphatic rings. The maximum Gasteiger partial charge on any atom is 0.0320 e. The first-order valence-electron chi connectivity index (χ1n) is 7.43. The van der Waals surface area contributed by atoms with Crippen LogP contribution in [0.4, 0.5) is 0 Å². The highest BCUT2D eigenvalue weighted by molar-refractivity contribution is 5.29. The third-order valence-corrected chi connectivity index (χ3v) is 4.43. The smallest absolute Gasteiger partial charge is 0.0320 e. The summed E-state index contributed by atoms with van der Waals surface area (Å²) in [6.45, 7) is 11.5. The van der Waals surface area contributed by atoms with E-state index in [2.05, 4.69) is 69.2 Å². The van der Waals surface area contributed by atoms with Gasteiger partial charge in [0.15, 0.2) is 0 Å². The number of benzene rings is 1. The zero-order valence-corrected chi connectivity index (χ0v) is 13.0. The van der Waals surface area contributed by atoms with Crippen molar-refractivity contribution in [3.05, 3.63) is 35.4 Å². The molecule has 19 heavy (non-hydrogen) atoms. The lowest BCUT2D eigenvalue weighted by atomic mass is 9.86. The van der Waals surface area contributed by atoms with Gasteiger partial charge in [-0.15, -0.1) is 0 Å². The van der Waals surface area contributed by atoms with Gasteiger partial charge in [-0.05, 0) is 36.9 Å². The number of hydrogen-bond donors (Lipinski definition) is 1. The van der Waals surface area contributed by atoms with Crippen LogP contribution in [0.5, 0.6) is 0 Å². The molecule has 1 heterocycles. The van der Waals surface area contributed by atoms with E-state index < -0.39 is 0 Å². The van der Waals surface area contributed by atoms with Gasteiger partial charge < -0.3 is 5.32 Å². The molecule has 0 saturated carbocycles. The Hall–Kier alpha value is -0.860. The second-order valence-electron chi connectivity index (χ2n) is 6.82. The molecule has 0 spiro atoms. The fourth-order valence-electron chi connectivity index (χ4n) is 2.85. The third kappa shape index (κ3) is 3.37. The van der Waals surface area contributed by atoms with Crippen LogP contribution in [-0.2, 0) is 5.41 Å². The Labute approximate surface area is 118 Å². The Kier molecular flexibility index (Phi) is 4.32. The van der Waals surface area contributed by atoms with Crippen molar-refractivity contribution in [1.29, 1.82) is 0 Å². The first-order chi connectivity index (χ1) is 8.91. The quantitative estimate of drug-likeness (QED) is 0.896. The first kappa shape index (κ1) is 14.5. The second-order valence-corrected chi connectivity index (χ2v) is 6.82. The molecule has 2 nitrogen and oxygen atoms in total. The predicted molar refractivity (Wildman–Crippen MR) is 82.6 cm³/mol. The Balaban J connectivity index is 2.06. The van der Waals surface area contributed by atoms with Gasteiger partial charge in [0.1, 0.15) is 0 Å². The summed E-state index contributed by atoms with van der Waals surface area (Å²) in [5.41, 5.74) is 3.09. The van der Waals surface area contributed by atoms with Gasteiger partial charge in [0.05, 0.1) is 0 Å². The van der Waals surface area contributed by atoms with Crippen LogP contribution >= 0.6 is 0 Å². The van der Waals surface area contributed by atoms with Crippen molar-refractivity contribution in [3.63, 3.8) is 0 Å². The lowest BCUT2D eigenvalue weighted by molar-refractivity contribution is 0.257. The summed E-state index contributed by atoms with van der Waals surface area (Å²) >= 11 is 0. The van der Waals surface area contributed by atoms with Gasteiger partial charge in [-0.1, -0.05) is 45.0 Å². The maximum absolute atomic E-state index is 3.39. The average Bonchev–Trinajstić information content (AvgIpc) is 2.86. The van der Waals surface area contributed by atoms with Crippen molar-refractivity contribution < 1.29 is 0 Å². The molecule has 1 N–H and O–H groups in total. The number of likely N-dealkylation sites (tertiary alicyclic amines) is 1. The van der Waals surface area contributed by atoms with E-state index in [4.69, 9.17) is 0 Å². The minimum Gasteiger partial charge on any atom is -0.316 e. The summed E-state index contributed by atoms with van der Waals surface area (Å²) in [6.07, 6.45) is 1.26. The van der Waals surface area contributed by atoms with Crippen LogP contribution in [0.25, 0.3) is 0 Å². The van der Waals surface area contributed by atoms with Gasteiger partial charge in [-0.2, -0.15) is 0 Å². The highest BCUT2D eigenvalue weighted by Crippen LogP contribution is 2.27. The van der Waals surface area contributed by atoms with Gasteiger partial charge in [-0.3, -0.25) is 4.90 Å². The van der Waals surface area contributed by atoms with Crippen LogP contribution < -0.4 is 5.32 Å². The zero-order valence-electron chi connectivity index (χ0n) is 13.0. The monoisotopic (exact) mass is 260 g/mol. The first-order valence-corrected chi connectivity index (χ1v) is 7.43. The van der Waals surface area contributed by atoms with Gasteiger partial charge in [-0.25, -0.2) is 0 Å². The molecular weight excluding hydrogens is 232 g/mol. The molecule has 2 atom stereocenters. The summed E-state index contributed by atoms with van der Waals surface area (Å²) < 4.78 is 0. The van der Waals surface area contributed by atoms with Crippen molar-refractivity contribution in [2.75, 3.05) is 20.1 Å². The lowest BCUT2D eigenvalue weighted by Crippen LogP contribution is -2.31. The molecule has 106 valence electrons. The van der Waals surface area contributed by atoms with Crippen molar-refractivity contribution in [2.24, 2.45) is 0 Å². The molecule has 1 fully saturated rings. The molecule has 2 unspecified atom stereocenters. The molecule has 0 aromatic heterocycles. The number of hydrogen-bond acceptors (Lipinski definition) is 2. The number of likely N-dealkylation sites (N-methyl/N-ethyl adjacent to an activating group) is 1. The van der Waals surface area contributed by atoms with Gasteiger partial charge in [0.25, 0.3) is 0 Å². The molecule has 0 radical (unpaired) electrons. The third-order valence-electron chi connectivity index (χ3n) is 4.43. The van der Waals surface area contributed by atoms with Crippen LogP contribution in [0.1, 0.15) is 51.3 Å². The van der Waals surface area contributed by atoms with Gasteiger partial charge >= 0.3 is 0 Å². The van der Waals surface area contributed by atoms with Crippen LogP contribution in [0.2, 0.25) is 0 Å². The van der Waals surface area contributed by atoms with E-state index >= 15 is 0 Å². The second kappa shape index (κ2) is 5.64. The number of nitrogens with zero attached hydrogens (tertiary/aromatic N) is 1. The highest BCUT2D eigenvalue weighted by atomic mass is 15.2. The topological polar surface area (TPSA) is 15.3 Å². The Morgan fingerprint density at radius 2 is 1.84 bits per heavy atom. The summed E-state index contributed by atoms with van der Waals surface area (Å²) in [6, 6.07) is 10.4. The van der Waals surface area contributed by atoms with Crippen molar-refractivity contribution >= 4 is 0 Å². The number of rotatable bonds is 3. The van der Waals surface area contributed by atoms with Crippen molar-refractivity contribution in [3.8, 4) is 0 Å². The predicted octanol–water partition coefficient (Wildman–Crippen LogP) is 3.34. The molecule has 2 heteroatoms. The van der Waals surface area contributed by atoms with Gasteiger partial charge in [0.2, 0.25) is 0 Å². The van der Waals surface area contributed by atoms with E-state index in [0.717, 1.165) is 0 Å². The fraction of sp³-hybridized carbons (Fsp3) is 0.647. The molecule has 1 aromatic carbocycles. The molecule has 1 saturated heterocycles. The van der Waals surface area contributed by atoms with Crippen molar-refractivity contribution in [2.45, 2.75) is 51.6 Å². The summed E-state index contributed by atoms with van der Waals surface area (Å²) in [4.78, 5) is 2.58. The standard InChI is InChI=1S/C17H28N2/c1-13(19-11-10-16(12-19)18-5)14-6-8-15(9-7-14)17(2,3)4/h6-9,13,16,18H,10-12H2,1-5H3. The molecule has 1 aliphatic heterocycles. The minimum absolute atomic E-state index is 0.243. The van der Waals surface area contributed by atoms with E-state index in [1.807, 2.05) is 0 Å². The maximum atomic E-state index is 3.39. The van der Waals surface area contributed by atoms with Crippen LogP contribution in [-0.4, -0.2) is 31.1 Å². The van der Waals surface area contributed by atoms with E-state index in [0.29, 0.717) is 12.1 Å².